The van der Waals surface area contributed by atoms with Crippen molar-refractivity contribution in [3.8, 4) is 0 Å². The fraction of sp³-hybridized carbons (Fsp3) is 0.647. The van der Waals surface area contributed by atoms with Gasteiger partial charge in [0.15, 0.2) is 0 Å². The average Bonchev–Trinajstić information content (AvgIpc) is 2.13. The average molecular weight is 246 g/mol. The first-order valence-corrected chi connectivity index (χ1v) is 6.72. The van der Waals surface area contributed by atoms with E-state index in [2.05, 4.69) is 78.7 Å². The summed E-state index contributed by atoms with van der Waals surface area (Å²) in [7, 11) is 4.23. The van der Waals surface area contributed by atoms with Gasteiger partial charge in [-0.2, -0.15) is 0 Å². The molecular weight excluding hydrogens is 218 g/mol. The lowest BCUT2D eigenvalue weighted by Crippen LogP contribution is -2.19. The maximum atomic E-state index is 3.62. The second kappa shape index (κ2) is 5.05. The van der Waals surface area contributed by atoms with Gasteiger partial charge in [-0.1, -0.05) is 53.7 Å². The zero-order valence-electron chi connectivity index (χ0n) is 13.3. The van der Waals surface area contributed by atoms with E-state index in [9.17, 15) is 0 Å². The van der Waals surface area contributed by atoms with E-state index < -0.39 is 0 Å². The van der Waals surface area contributed by atoms with Gasteiger partial charge in [-0.25, -0.2) is 0 Å². The zero-order chi connectivity index (χ0) is 14.1. The molecular formula is C17H28N. The van der Waals surface area contributed by atoms with Gasteiger partial charge in [0.25, 0.3) is 0 Å². The van der Waals surface area contributed by atoms with Crippen LogP contribution in [0.3, 0.4) is 0 Å². The molecule has 0 saturated heterocycles. The van der Waals surface area contributed by atoms with E-state index in [0.717, 1.165) is 6.54 Å². The van der Waals surface area contributed by atoms with Crippen LogP contribution in [0.15, 0.2) is 12.1 Å². The van der Waals surface area contributed by atoms with Crippen molar-refractivity contribution in [2.45, 2.75) is 58.9 Å². The third-order valence-corrected chi connectivity index (χ3v) is 3.04. The van der Waals surface area contributed by atoms with Gasteiger partial charge in [0.05, 0.1) is 0 Å². The summed E-state index contributed by atoms with van der Waals surface area (Å²) >= 11 is 0. The first-order chi connectivity index (χ1) is 8.00. The van der Waals surface area contributed by atoms with Crippen LogP contribution in [0.25, 0.3) is 0 Å². The summed E-state index contributed by atoms with van der Waals surface area (Å²) in [5, 5.41) is 0. The molecule has 0 fully saturated rings. The summed E-state index contributed by atoms with van der Waals surface area (Å²) in [5.74, 6) is 0. The molecule has 0 aliphatic carbocycles. The van der Waals surface area contributed by atoms with Crippen LogP contribution in [0.2, 0.25) is 0 Å². The topological polar surface area (TPSA) is 3.24 Å². The molecule has 0 aromatic heterocycles. The van der Waals surface area contributed by atoms with E-state index in [0.29, 0.717) is 0 Å². The Labute approximate surface area is 113 Å². The van der Waals surface area contributed by atoms with Gasteiger partial charge in [-0.3, -0.25) is 0 Å². The summed E-state index contributed by atoms with van der Waals surface area (Å²) in [5.41, 5.74) is 4.32. The third kappa shape index (κ3) is 4.13. The van der Waals surface area contributed by atoms with E-state index >= 15 is 0 Å². The smallest absolute Gasteiger partial charge is 0.0227 e. The monoisotopic (exact) mass is 246 g/mol. The number of nitrogens with zero attached hydrogens (tertiary/aromatic N) is 1. The number of hydrogen-bond acceptors (Lipinski definition) is 1. The lowest BCUT2D eigenvalue weighted by atomic mass is 9.79. The lowest BCUT2D eigenvalue weighted by molar-refractivity contribution is 0.401. The van der Waals surface area contributed by atoms with Crippen LogP contribution in [0.5, 0.6) is 0 Å². The summed E-state index contributed by atoms with van der Waals surface area (Å²) in [4.78, 5) is 2.22. The van der Waals surface area contributed by atoms with Gasteiger partial charge < -0.3 is 4.90 Å². The minimum Gasteiger partial charge on any atom is -0.305 e. The molecule has 1 aromatic carbocycles. The minimum atomic E-state index is 0.155. The molecule has 0 saturated carbocycles. The maximum Gasteiger partial charge on any atom is 0.0227 e. The highest BCUT2D eigenvalue weighted by molar-refractivity contribution is 5.36. The highest BCUT2D eigenvalue weighted by Gasteiger charge is 2.20. The van der Waals surface area contributed by atoms with Crippen molar-refractivity contribution < 1.29 is 0 Å². The SMILES string of the molecule is CN(C)Cc1cc(C(C)(C)C)[c]c(C(C)(C)C)c1. The van der Waals surface area contributed by atoms with E-state index in [4.69, 9.17) is 0 Å². The van der Waals surface area contributed by atoms with Crippen molar-refractivity contribution in [1.82, 2.24) is 4.90 Å². The van der Waals surface area contributed by atoms with Gasteiger partial charge in [0, 0.05) is 6.54 Å². The molecule has 1 radical (unpaired) electrons. The van der Waals surface area contributed by atoms with E-state index in [-0.39, 0.29) is 10.8 Å². The molecule has 0 aliphatic rings. The Bertz CT molecular complexity index is 370. The second-order valence-corrected chi connectivity index (χ2v) is 7.55. The van der Waals surface area contributed by atoms with Crippen molar-refractivity contribution >= 4 is 0 Å². The summed E-state index contributed by atoms with van der Waals surface area (Å²) in [6.45, 7) is 14.5. The first-order valence-electron chi connectivity index (χ1n) is 6.72. The predicted octanol–water partition coefficient (Wildman–Crippen LogP) is 4.14. The van der Waals surface area contributed by atoms with Crippen molar-refractivity contribution in [3.05, 3.63) is 34.9 Å². The van der Waals surface area contributed by atoms with Crippen molar-refractivity contribution in [1.29, 1.82) is 0 Å². The van der Waals surface area contributed by atoms with Crippen LogP contribution in [0, 0.1) is 6.07 Å². The number of benzene rings is 1. The largest absolute Gasteiger partial charge is 0.305 e. The highest BCUT2D eigenvalue weighted by Crippen LogP contribution is 2.29. The summed E-state index contributed by atoms with van der Waals surface area (Å²) < 4.78 is 0. The lowest BCUT2D eigenvalue weighted by Gasteiger charge is -2.26. The Morgan fingerprint density at radius 2 is 1.28 bits per heavy atom. The Hall–Kier alpha value is -0.820. The standard InChI is InChI=1S/C17H28N/c1-16(2,3)14-9-13(12-18(7)8)10-15(11-14)17(4,5)6/h9-10H,12H2,1-8H3. The third-order valence-electron chi connectivity index (χ3n) is 3.04. The Kier molecular flexibility index (Phi) is 4.27. The Morgan fingerprint density at radius 3 is 1.56 bits per heavy atom. The molecule has 0 N–H and O–H groups in total. The molecule has 1 aromatic rings. The van der Waals surface area contributed by atoms with Gasteiger partial charge in [0.1, 0.15) is 0 Å². The predicted molar refractivity (Wildman–Crippen MR) is 80.1 cm³/mol. The molecule has 0 bridgehead atoms. The van der Waals surface area contributed by atoms with Crippen LogP contribution in [0.1, 0.15) is 58.2 Å². The minimum absolute atomic E-state index is 0.155. The van der Waals surface area contributed by atoms with E-state index in [1.165, 1.54) is 16.7 Å². The van der Waals surface area contributed by atoms with E-state index in [1.54, 1.807) is 0 Å². The van der Waals surface area contributed by atoms with Crippen LogP contribution < -0.4 is 0 Å². The van der Waals surface area contributed by atoms with Crippen LogP contribution in [0.4, 0.5) is 0 Å². The molecule has 1 rings (SSSR count). The molecule has 0 amide bonds. The molecule has 101 valence electrons. The van der Waals surface area contributed by atoms with Gasteiger partial charge in [-0.05, 0) is 47.7 Å². The van der Waals surface area contributed by atoms with Crippen LogP contribution in [-0.2, 0) is 17.4 Å². The van der Waals surface area contributed by atoms with Crippen LogP contribution >= 0.6 is 0 Å². The molecule has 0 atom stereocenters. The van der Waals surface area contributed by atoms with Crippen molar-refractivity contribution in [3.63, 3.8) is 0 Å². The molecule has 18 heavy (non-hydrogen) atoms. The van der Waals surface area contributed by atoms with Crippen molar-refractivity contribution in [2.75, 3.05) is 14.1 Å². The molecule has 0 heterocycles. The molecule has 1 nitrogen and oxygen atoms in total. The molecule has 1 heteroatoms. The van der Waals surface area contributed by atoms with Crippen molar-refractivity contribution in [2.24, 2.45) is 0 Å². The maximum absolute atomic E-state index is 3.62. The highest BCUT2D eigenvalue weighted by atomic mass is 15.0. The molecule has 0 unspecified atom stereocenters. The molecule has 0 spiro atoms. The van der Waals surface area contributed by atoms with Gasteiger partial charge in [0.2, 0.25) is 0 Å². The Balaban J connectivity index is 3.29. The van der Waals surface area contributed by atoms with E-state index in [1.807, 2.05) is 0 Å². The quantitative estimate of drug-likeness (QED) is 0.758. The molecule has 0 aliphatic heterocycles. The first kappa shape index (κ1) is 15.2. The van der Waals surface area contributed by atoms with Gasteiger partial charge >= 0.3 is 0 Å². The zero-order valence-corrected chi connectivity index (χ0v) is 13.3. The normalized spacial score (nSPS) is 13.2. The number of hydrogen-bond donors (Lipinski definition) is 0. The second-order valence-electron chi connectivity index (χ2n) is 7.55. The summed E-state index contributed by atoms with van der Waals surface area (Å²) in [6.07, 6.45) is 0. The van der Waals surface area contributed by atoms with Gasteiger partial charge in [-0.15, -0.1) is 0 Å². The fourth-order valence-electron chi connectivity index (χ4n) is 1.89. The summed E-state index contributed by atoms with van der Waals surface area (Å²) in [6, 6.07) is 8.22. The Morgan fingerprint density at radius 1 is 0.889 bits per heavy atom. The van der Waals surface area contributed by atoms with Crippen LogP contribution in [-0.4, -0.2) is 19.0 Å². The number of rotatable bonds is 2. The fourth-order valence-corrected chi connectivity index (χ4v) is 1.89.